The number of anilines is 1. The maximum absolute atomic E-state index is 13.5. The average Bonchev–Trinajstić information content (AvgIpc) is 2.87. The number of para-hydroxylation sites is 2. The molecular formula is C27H25N3O3S. The number of aromatic nitrogens is 2. The van der Waals surface area contributed by atoms with Gasteiger partial charge in [0.1, 0.15) is 5.75 Å². The Morgan fingerprint density at radius 3 is 2.74 bits per heavy atom. The lowest BCUT2D eigenvalue weighted by atomic mass is 9.97. The molecule has 0 saturated carbocycles. The van der Waals surface area contributed by atoms with Crippen molar-refractivity contribution in [3.8, 4) is 11.4 Å². The number of thioether (sulfide) groups is 1. The van der Waals surface area contributed by atoms with Crippen LogP contribution in [-0.2, 0) is 11.2 Å². The van der Waals surface area contributed by atoms with Crippen LogP contribution in [0.15, 0.2) is 82.7 Å². The van der Waals surface area contributed by atoms with Crippen LogP contribution in [0.3, 0.4) is 0 Å². The minimum atomic E-state index is -0.175. The molecule has 0 aliphatic carbocycles. The van der Waals surface area contributed by atoms with E-state index < -0.39 is 0 Å². The highest BCUT2D eigenvalue weighted by Gasteiger charge is 2.28. The van der Waals surface area contributed by atoms with Crippen molar-refractivity contribution in [1.82, 2.24) is 9.55 Å². The Hall–Kier alpha value is -3.58. The van der Waals surface area contributed by atoms with E-state index in [1.165, 1.54) is 17.3 Å². The zero-order chi connectivity index (χ0) is 23.7. The van der Waals surface area contributed by atoms with Gasteiger partial charge in [0.25, 0.3) is 5.56 Å². The summed E-state index contributed by atoms with van der Waals surface area (Å²) in [5.74, 6) is 0.820. The van der Waals surface area contributed by atoms with E-state index in [0.717, 1.165) is 18.5 Å². The number of carbonyl (C=O) groups excluding carboxylic acids is 1. The van der Waals surface area contributed by atoms with Gasteiger partial charge in [-0.25, -0.2) is 4.98 Å². The van der Waals surface area contributed by atoms with Gasteiger partial charge in [-0.15, -0.1) is 0 Å². The van der Waals surface area contributed by atoms with Crippen molar-refractivity contribution in [2.45, 2.75) is 31.0 Å². The van der Waals surface area contributed by atoms with Crippen LogP contribution >= 0.6 is 11.8 Å². The summed E-state index contributed by atoms with van der Waals surface area (Å²) in [4.78, 5) is 33.5. The number of benzene rings is 3. The molecule has 1 unspecified atom stereocenters. The number of fused-ring (bicyclic) bond motifs is 2. The number of amides is 1. The first-order chi connectivity index (χ1) is 16.6. The monoisotopic (exact) mass is 471 g/mol. The molecule has 1 atom stereocenters. The van der Waals surface area contributed by atoms with Crippen molar-refractivity contribution in [3.63, 3.8) is 0 Å². The second-order valence-corrected chi connectivity index (χ2v) is 9.26. The van der Waals surface area contributed by atoms with Gasteiger partial charge >= 0.3 is 0 Å². The zero-order valence-electron chi connectivity index (χ0n) is 19.1. The van der Waals surface area contributed by atoms with Crippen molar-refractivity contribution in [2.75, 3.05) is 17.8 Å². The third-order valence-corrected chi connectivity index (χ3v) is 7.10. The molecule has 172 valence electrons. The molecular weight excluding hydrogens is 446 g/mol. The van der Waals surface area contributed by atoms with E-state index in [2.05, 4.69) is 13.0 Å². The van der Waals surface area contributed by atoms with E-state index in [0.29, 0.717) is 27.5 Å². The molecule has 0 spiro atoms. The summed E-state index contributed by atoms with van der Waals surface area (Å²) >= 11 is 1.28. The van der Waals surface area contributed by atoms with Crippen LogP contribution in [0.25, 0.3) is 16.6 Å². The molecule has 1 aliphatic rings. The van der Waals surface area contributed by atoms with Gasteiger partial charge in [0.2, 0.25) is 5.91 Å². The molecule has 7 heteroatoms. The number of carbonyl (C=O) groups is 1. The molecule has 0 radical (unpaired) electrons. The number of aryl methyl sites for hydroxylation is 1. The minimum Gasteiger partial charge on any atom is -0.497 e. The van der Waals surface area contributed by atoms with Gasteiger partial charge < -0.3 is 9.64 Å². The zero-order valence-corrected chi connectivity index (χ0v) is 19.9. The number of rotatable bonds is 5. The van der Waals surface area contributed by atoms with Gasteiger partial charge in [-0.3, -0.25) is 14.2 Å². The molecule has 0 bridgehead atoms. The Morgan fingerprint density at radius 1 is 1.09 bits per heavy atom. The first-order valence-electron chi connectivity index (χ1n) is 11.3. The van der Waals surface area contributed by atoms with E-state index in [-0.39, 0.29) is 23.3 Å². The Morgan fingerprint density at radius 2 is 1.88 bits per heavy atom. The number of ether oxygens (including phenoxy) is 1. The molecule has 1 amide bonds. The van der Waals surface area contributed by atoms with Gasteiger partial charge in [0.15, 0.2) is 5.16 Å². The predicted molar refractivity (Wildman–Crippen MR) is 136 cm³/mol. The maximum atomic E-state index is 13.5. The van der Waals surface area contributed by atoms with Crippen molar-refractivity contribution in [1.29, 1.82) is 0 Å². The average molecular weight is 472 g/mol. The molecule has 1 aromatic heterocycles. The molecule has 0 N–H and O–H groups in total. The Kier molecular flexibility index (Phi) is 6.11. The summed E-state index contributed by atoms with van der Waals surface area (Å²) < 4.78 is 6.93. The second-order valence-electron chi connectivity index (χ2n) is 8.32. The van der Waals surface area contributed by atoms with Gasteiger partial charge in [0, 0.05) is 17.8 Å². The molecule has 5 rings (SSSR count). The van der Waals surface area contributed by atoms with Crippen LogP contribution in [0.4, 0.5) is 5.69 Å². The molecule has 0 fully saturated rings. The smallest absolute Gasteiger partial charge is 0.266 e. The van der Waals surface area contributed by atoms with Gasteiger partial charge in [-0.05, 0) is 55.7 Å². The molecule has 2 heterocycles. The fourth-order valence-electron chi connectivity index (χ4n) is 4.45. The summed E-state index contributed by atoms with van der Waals surface area (Å²) in [6.07, 6.45) is 1.89. The van der Waals surface area contributed by atoms with Gasteiger partial charge in [-0.2, -0.15) is 0 Å². The van der Waals surface area contributed by atoms with Crippen LogP contribution in [0.5, 0.6) is 5.75 Å². The lowest BCUT2D eigenvalue weighted by Gasteiger charge is -2.35. The third kappa shape index (κ3) is 4.07. The van der Waals surface area contributed by atoms with Crippen molar-refractivity contribution >= 4 is 34.3 Å². The lowest BCUT2D eigenvalue weighted by Crippen LogP contribution is -2.43. The highest BCUT2D eigenvalue weighted by atomic mass is 32.2. The Bertz CT molecular complexity index is 1430. The Labute approximate surface area is 202 Å². The highest BCUT2D eigenvalue weighted by molar-refractivity contribution is 7.99. The first kappa shape index (κ1) is 22.2. The quantitative estimate of drug-likeness (QED) is 0.307. The van der Waals surface area contributed by atoms with Crippen LogP contribution in [0.1, 0.15) is 18.9 Å². The lowest BCUT2D eigenvalue weighted by molar-refractivity contribution is -0.116. The maximum Gasteiger partial charge on any atom is 0.266 e. The van der Waals surface area contributed by atoms with E-state index in [4.69, 9.17) is 9.72 Å². The number of nitrogens with zero attached hydrogens (tertiary/aromatic N) is 3. The molecule has 0 saturated heterocycles. The number of methoxy groups -OCH3 is 1. The van der Waals surface area contributed by atoms with Gasteiger partial charge in [0.05, 0.1) is 29.5 Å². The standard InChI is InChI=1S/C27H25N3O3S/c1-18-14-15-19-8-3-6-13-24(19)29(18)25(31)17-34-27-28-23-12-5-4-11-22(23)26(32)30(27)20-9-7-10-21(16-20)33-2/h3-13,16,18H,14-15,17H2,1-2H3. The fourth-order valence-corrected chi connectivity index (χ4v) is 5.32. The summed E-state index contributed by atoms with van der Waals surface area (Å²) in [5.41, 5.74) is 3.25. The topological polar surface area (TPSA) is 64.4 Å². The molecule has 3 aromatic carbocycles. The van der Waals surface area contributed by atoms with Crippen LogP contribution in [0.2, 0.25) is 0 Å². The van der Waals surface area contributed by atoms with Crippen molar-refractivity contribution in [2.24, 2.45) is 0 Å². The minimum absolute atomic E-state index is 0.00394. The van der Waals surface area contributed by atoms with E-state index >= 15 is 0 Å². The van der Waals surface area contributed by atoms with Crippen LogP contribution < -0.4 is 15.2 Å². The summed E-state index contributed by atoms with van der Waals surface area (Å²) in [7, 11) is 1.59. The first-order valence-corrected chi connectivity index (χ1v) is 12.2. The summed E-state index contributed by atoms with van der Waals surface area (Å²) in [6.45, 7) is 2.08. The number of hydrogen-bond acceptors (Lipinski definition) is 5. The molecule has 1 aliphatic heterocycles. The number of hydrogen-bond donors (Lipinski definition) is 0. The molecule has 4 aromatic rings. The summed E-state index contributed by atoms with van der Waals surface area (Å²) in [6, 6.07) is 22.8. The van der Waals surface area contributed by atoms with E-state index in [1.54, 1.807) is 23.8 Å². The largest absolute Gasteiger partial charge is 0.497 e. The predicted octanol–water partition coefficient (Wildman–Crippen LogP) is 4.85. The molecule has 34 heavy (non-hydrogen) atoms. The van der Waals surface area contributed by atoms with Gasteiger partial charge in [-0.1, -0.05) is 48.2 Å². The molecule has 6 nitrogen and oxygen atoms in total. The highest BCUT2D eigenvalue weighted by Crippen LogP contribution is 2.32. The second kappa shape index (κ2) is 9.35. The third-order valence-electron chi connectivity index (χ3n) is 6.17. The van der Waals surface area contributed by atoms with Crippen LogP contribution in [-0.4, -0.2) is 34.4 Å². The Balaban J connectivity index is 1.53. The van der Waals surface area contributed by atoms with Crippen molar-refractivity contribution in [3.05, 3.63) is 88.7 Å². The van der Waals surface area contributed by atoms with E-state index in [1.807, 2.05) is 59.5 Å². The fraction of sp³-hybridized carbons (Fsp3) is 0.222. The van der Waals surface area contributed by atoms with E-state index in [9.17, 15) is 9.59 Å². The summed E-state index contributed by atoms with van der Waals surface area (Å²) in [5, 5.41) is 1.00. The SMILES string of the molecule is COc1cccc(-n2c(SCC(=O)N3c4ccccc4CCC3C)nc3ccccc3c2=O)c1. The van der Waals surface area contributed by atoms with Crippen LogP contribution in [0, 0.1) is 0 Å². The normalized spacial score (nSPS) is 15.2. The van der Waals surface area contributed by atoms with Crippen molar-refractivity contribution < 1.29 is 9.53 Å².